The summed E-state index contributed by atoms with van der Waals surface area (Å²) in [5, 5.41) is 14.7. The molecule has 0 atom stereocenters. The molecule has 10 nitrogen and oxygen atoms in total. The number of sulfonamides is 1. The summed E-state index contributed by atoms with van der Waals surface area (Å²) in [5.41, 5.74) is 4.21. The van der Waals surface area contributed by atoms with Gasteiger partial charge in [0.2, 0.25) is 0 Å². The van der Waals surface area contributed by atoms with E-state index < -0.39 is 27.4 Å². The maximum atomic E-state index is 13.3. The lowest BCUT2D eigenvalue weighted by atomic mass is 10.1. The zero-order chi connectivity index (χ0) is 26.4. The number of hydrazone groups is 1. The summed E-state index contributed by atoms with van der Waals surface area (Å²) in [6.45, 7) is 1.38. The van der Waals surface area contributed by atoms with Gasteiger partial charge in [-0.25, -0.2) is 13.8 Å². The average Bonchev–Trinajstić information content (AvgIpc) is 3.37. The van der Waals surface area contributed by atoms with Crippen molar-refractivity contribution in [2.24, 2.45) is 5.10 Å². The number of nitrogens with zero attached hydrogens (tertiary/aromatic N) is 3. The molecule has 0 aliphatic heterocycles. The lowest BCUT2D eigenvalue weighted by molar-refractivity contribution is -0.384. The maximum absolute atomic E-state index is 13.3. The molecule has 4 rings (SSSR count). The van der Waals surface area contributed by atoms with Crippen LogP contribution in [0.4, 0.5) is 11.4 Å². The minimum atomic E-state index is -4.02. The standard InChI is InChI=1S/C26H22N4O6S/c1-19-7-11-21(12-8-19)29(37(34,35)24-5-3-2-4-6-24)18-26(31)28-27-17-23-15-16-25(36-23)20-9-13-22(14-10-20)30(32)33/h2-17H,18H2,1H3,(H,28,31)/b27-17-. The van der Waals surface area contributed by atoms with Crippen LogP contribution >= 0.6 is 0 Å². The molecule has 1 N–H and O–H groups in total. The summed E-state index contributed by atoms with van der Waals surface area (Å²) >= 11 is 0. The molecule has 4 aromatic rings. The molecule has 0 saturated carbocycles. The molecule has 3 aromatic carbocycles. The number of hydrogen-bond donors (Lipinski definition) is 1. The van der Waals surface area contributed by atoms with Gasteiger partial charge in [-0.15, -0.1) is 0 Å². The topological polar surface area (TPSA) is 135 Å². The van der Waals surface area contributed by atoms with E-state index in [0.717, 1.165) is 9.87 Å². The Hall–Kier alpha value is -4.77. The van der Waals surface area contributed by atoms with Gasteiger partial charge in [0.25, 0.3) is 21.6 Å². The monoisotopic (exact) mass is 518 g/mol. The summed E-state index contributed by atoms with van der Waals surface area (Å²) in [6.07, 6.45) is 1.27. The van der Waals surface area contributed by atoms with Crippen LogP contribution in [0.3, 0.4) is 0 Å². The molecule has 188 valence electrons. The van der Waals surface area contributed by atoms with Crippen LogP contribution in [0.25, 0.3) is 11.3 Å². The fourth-order valence-corrected chi connectivity index (χ4v) is 4.85. The largest absolute Gasteiger partial charge is 0.455 e. The lowest BCUT2D eigenvalue weighted by Crippen LogP contribution is -2.39. The van der Waals surface area contributed by atoms with Crippen molar-refractivity contribution in [2.75, 3.05) is 10.8 Å². The molecule has 0 spiro atoms. The number of nitrogens with one attached hydrogen (secondary N) is 1. The minimum Gasteiger partial charge on any atom is -0.455 e. The molecule has 1 heterocycles. The fraction of sp³-hybridized carbons (Fsp3) is 0.0769. The van der Waals surface area contributed by atoms with Crippen LogP contribution in [0, 0.1) is 17.0 Å². The molecule has 1 amide bonds. The third kappa shape index (κ3) is 6.08. The van der Waals surface area contributed by atoms with Crippen molar-refractivity contribution in [3.63, 3.8) is 0 Å². The smallest absolute Gasteiger partial charge is 0.269 e. The van der Waals surface area contributed by atoms with Gasteiger partial charge in [-0.05, 0) is 55.5 Å². The second kappa shape index (κ2) is 10.9. The van der Waals surface area contributed by atoms with Crippen molar-refractivity contribution < 1.29 is 22.6 Å². The quantitative estimate of drug-likeness (QED) is 0.197. The molecular formula is C26H22N4O6S. The molecule has 0 aliphatic carbocycles. The highest BCUT2D eigenvalue weighted by Gasteiger charge is 2.27. The van der Waals surface area contributed by atoms with E-state index in [4.69, 9.17) is 4.42 Å². The Morgan fingerprint density at radius 2 is 1.68 bits per heavy atom. The number of amides is 1. The number of anilines is 1. The van der Waals surface area contributed by atoms with Gasteiger partial charge in [-0.3, -0.25) is 19.2 Å². The molecule has 0 radical (unpaired) electrons. The first-order chi connectivity index (χ1) is 17.7. The van der Waals surface area contributed by atoms with Crippen LogP contribution in [0.15, 0.2) is 105 Å². The van der Waals surface area contributed by atoms with Crippen LogP contribution in [0.2, 0.25) is 0 Å². The first-order valence-corrected chi connectivity index (χ1v) is 12.5. The normalized spacial score (nSPS) is 11.4. The summed E-state index contributed by atoms with van der Waals surface area (Å²) in [6, 6.07) is 23.8. The molecule has 0 unspecified atom stereocenters. The van der Waals surface area contributed by atoms with Crippen molar-refractivity contribution in [2.45, 2.75) is 11.8 Å². The molecule has 1 aromatic heterocycles. The predicted octanol–water partition coefficient (Wildman–Crippen LogP) is 4.51. The Morgan fingerprint density at radius 3 is 2.32 bits per heavy atom. The van der Waals surface area contributed by atoms with Crippen molar-refractivity contribution in [3.8, 4) is 11.3 Å². The van der Waals surface area contributed by atoms with Gasteiger partial charge in [-0.1, -0.05) is 35.9 Å². The Balaban J connectivity index is 1.46. The summed E-state index contributed by atoms with van der Waals surface area (Å²) in [7, 11) is -4.02. The SMILES string of the molecule is Cc1ccc(N(CC(=O)N/N=C\c2ccc(-c3ccc([N+](=O)[O-])cc3)o2)S(=O)(=O)c2ccccc2)cc1. The number of rotatable bonds is 9. The Bertz CT molecular complexity index is 1530. The van der Waals surface area contributed by atoms with Crippen molar-refractivity contribution >= 4 is 33.5 Å². The molecule has 0 fully saturated rings. The third-order valence-electron chi connectivity index (χ3n) is 5.31. The lowest BCUT2D eigenvalue weighted by Gasteiger charge is -2.23. The van der Waals surface area contributed by atoms with Crippen LogP contribution < -0.4 is 9.73 Å². The van der Waals surface area contributed by atoms with Gasteiger partial charge in [0.1, 0.15) is 18.1 Å². The maximum Gasteiger partial charge on any atom is 0.269 e. The number of benzene rings is 3. The Kier molecular flexibility index (Phi) is 7.44. The van der Waals surface area contributed by atoms with Gasteiger partial charge < -0.3 is 4.42 Å². The number of carbonyl (C=O) groups excluding carboxylic acids is 1. The summed E-state index contributed by atoms with van der Waals surface area (Å²) in [5.74, 6) is 0.126. The molecule has 0 bridgehead atoms. The zero-order valence-corrected chi connectivity index (χ0v) is 20.5. The molecule has 0 saturated heterocycles. The Morgan fingerprint density at radius 1 is 1.00 bits per heavy atom. The predicted molar refractivity (Wildman–Crippen MR) is 139 cm³/mol. The zero-order valence-electron chi connectivity index (χ0n) is 19.6. The van der Waals surface area contributed by atoms with E-state index in [0.29, 0.717) is 22.8 Å². The Labute approximate surface area is 213 Å². The molecule has 37 heavy (non-hydrogen) atoms. The summed E-state index contributed by atoms with van der Waals surface area (Å²) in [4.78, 5) is 23.0. The van der Waals surface area contributed by atoms with Gasteiger partial charge in [0, 0.05) is 17.7 Å². The van der Waals surface area contributed by atoms with Crippen LogP contribution in [-0.4, -0.2) is 32.0 Å². The summed E-state index contributed by atoms with van der Waals surface area (Å²) < 4.78 is 33.3. The van der Waals surface area contributed by atoms with Crippen molar-refractivity contribution in [3.05, 3.63) is 112 Å². The number of hydrogen-bond acceptors (Lipinski definition) is 7. The molecule has 11 heteroatoms. The van der Waals surface area contributed by atoms with Crippen LogP contribution in [0.5, 0.6) is 0 Å². The van der Waals surface area contributed by atoms with E-state index in [9.17, 15) is 23.3 Å². The van der Waals surface area contributed by atoms with E-state index in [1.54, 1.807) is 66.7 Å². The average molecular weight is 519 g/mol. The first-order valence-electron chi connectivity index (χ1n) is 11.0. The fourth-order valence-electron chi connectivity index (χ4n) is 3.40. The highest BCUT2D eigenvalue weighted by molar-refractivity contribution is 7.92. The molecular weight excluding hydrogens is 496 g/mol. The second-order valence-corrected chi connectivity index (χ2v) is 9.82. The highest BCUT2D eigenvalue weighted by atomic mass is 32.2. The number of non-ortho nitro benzene ring substituents is 1. The number of carbonyl (C=O) groups is 1. The van der Waals surface area contributed by atoms with Gasteiger partial charge in [-0.2, -0.15) is 5.10 Å². The number of furan rings is 1. The number of nitro benzene ring substituents is 1. The number of nitro groups is 1. The van der Waals surface area contributed by atoms with E-state index >= 15 is 0 Å². The van der Waals surface area contributed by atoms with Crippen molar-refractivity contribution in [1.29, 1.82) is 0 Å². The van der Waals surface area contributed by atoms with E-state index in [1.165, 1.54) is 30.5 Å². The van der Waals surface area contributed by atoms with Gasteiger partial charge >= 0.3 is 0 Å². The van der Waals surface area contributed by atoms with E-state index in [2.05, 4.69) is 10.5 Å². The van der Waals surface area contributed by atoms with Crippen LogP contribution in [-0.2, 0) is 14.8 Å². The van der Waals surface area contributed by atoms with Gasteiger partial charge in [0.05, 0.1) is 21.7 Å². The third-order valence-corrected chi connectivity index (χ3v) is 7.10. The number of aryl methyl sites for hydroxylation is 1. The van der Waals surface area contributed by atoms with Crippen LogP contribution in [0.1, 0.15) is 11.3 Å². The first kappa shape index (κ1) is 25.3. The van der Waals surface area contributed by atoms with E-state index in [1.807, 2.05) is 6.92 Å². The highest BCUT2D eigenvalue weighted by Crippen LogP contribution is 2.25. The minimum absolute atomic E-state index is 0.0336. The second-order valence-electron chi connectivity index (χ2n) is 7.96. The molecule has 0 aliphatic rings. The van der Waals surface area contributed by atoms with Gasteiger partial charge in [0.15, 0.2) is 0 Å². The van der Waals surface area contributed by atoms with Crippen molar-refractivity contribution in [1.82, 2.24) is 5.43 Å². The van der Waals surface area contributed by atoms with E-state index in [-0.39, 0.29) is 10.6 Å².